The van der Waals surface area contributed by atoms with Crippen LogP contribution < -0.4 is 15.4 Å². The van der Waals surface area contributed by atoms with Gasteiger partial charge < -0.3 is 20.5 Å². The van der Waals surface area contributed by atoms with Crippen molar-refractivity contribution in [1.82, 2.24) is 10.6 Å². The summed E-state index contributed by atoms with van der Waals surface area (Å²) in [4.78, 5) is 11.6. The molecule has 20 heavy (non-hydrogen) atoms. The minimum absolute atomic E-state index is 0.0685. The zero-order chi connectivity index (χ0) is 14.8. The summed E-state index contributed by atoms with van der Waals surface area (Å²) in [6, 6.07) is 7.70. The normalized spacial score (nSPS) is 11.8. The van der Waals surface area contributed by atoms with Gasteiger partial charge in [-0.15, -0.1) is 0 Å². The molecular weight excluding hydrogens is 256 g/mol. The largest absolute Gasteiger partial charge is 0.497 e. The van der Waals surface area contributed by atoms with Crippen LogP contribution in [0, 0.1) is 0 Å². The fourth-order valence-electron chi connectivity index (χ4n) is 1.89. The van der Waals surface area contributed by atoms with Crippen LogP contribution in [0.5, 0.6) is 5.75 Å². The van der Waals surface area contributed by atoms with Crippen molar-refractivity contribution in [2.45, 2.75) is 32.2 Å². The molecule has 0 aliphatic heterocycles. The Morgan fingerprint density at radius 1 is 1.45 bits per heavy atom. The molecular formula is C15H24N2O3. The van der Waals surface area contributed by atoms with E-state index in [0.29, 0.717) is 13.0 Å². The molecule has 1 atom stereocenters. The number of ether oxygens (including phenoxy) is 1. The first-order valence-electron chi connectivity index (χ1n) is 6.94. The molecule has 0 radical (unpaired) electrons. The molecule has 0 saturated heterocycles. The van der Waals surface area contributed by atoms with Crippen LogP contribution in [0.3, 0.4) is 0 Å². The van der Waals surface area contributed by atoms with Crippen LogP contribution in [0.15, 0.2) is 24.3 Å². The van der Waals surface area contributed by atoms with Crippen LogP contribution in [-0.2, 0) is 6.42 Å². The van der Waals surface area contributed by atoms with Gasteiger partial charge in [0.2, 0.25) is 0 Å². The lowest BCUT2D eigenvalue weighted by atomic mass is 10.1. The highest BCUT2D eigenvalue weighted by Gasteiger charge is 2.06. The topological polar surface area (TPSA) is 70.6 Å². The van der Waals surface area contributed by atoms with Gasteiger partial charge in [-0.3, -0.25) is 0 Å². The highest BCUT2D eigenvalue weighted by Crippen LogP contribution is 2.12. The van der Waals surface area contributed by atoms with Gasteiger partial charge >= 0.3 is 6.03 Å². The lowest BCUT2D eigenvalue weighted by molar-refractivity contribution is 0.234. The first kappa shape index (κ1) is 16.3. The van der Waals surface area contributed by atoms with E-state index in [2.05, 4.69) is 10.6 Å². The van der Waals surface area contributed by atoms with Crippen LogP contribution in [0.2, 0.25) is 0 Å². The van der Waals surface area contributed by atoms with Crippen LogP contribution in [0.1, 0.15) is 25.3 Å². The maximum Gasteiger partial charge on any atom is 0.315 e. The van der Waals surface area contributed by atoms with Gasteiger partial charge in [0.25, 0.3) is 0 Å². The van der Waals surface area contributed by atoms with Gasteiger partial charge in [-0.1, -0.05) is 12.1 Å². The smallest absolute Gasteiger partial charge is 0.315 e. The maximum absolute atomic E-state index is 11.6. The summed E-state index contributed by atoms with van der Waals surface area (Å²) in [5, 5.41) is 14.4. The Morgan fingerprint density at radius 2 is 2.25 bits per heavy atom. The second-order valence-electron chi connectivity index (χ2n) is 4.77. The number of hydrogen-bond acceptors (Lipinski definition) is 3. The molecule has 0 heterocycles. The van der Waals surface area contributed by atoms with E-state index < -0.39 is 0 Å². The summed E-state index contributed by atoms with van der Waals surface area (Å²) in [5.74, 6) is 0.824. The number of methoxy groups -OCH3 is 1. The van der Waals surface area contributed by atoms with Crippen molar-refractivity contribution in [1.29, 1.82) is 0 Å². The van der Waals surface area contributed by atoms with Crippen molar-refractivity contribution in [3.8, 4) is 5.75 Å². The Bertz CT molecular complexity index is 410. The summed E-state index contributed by atoms with van der Waals surface area (Å²) in [6.07, 6.45) is 2.24. The summed E-state index contributed by atoms with van der Waals surface area (Å²) in [6.45, 7) is 2.66. The number of amides is 2. The van der Waals surface area contributed by atoms with E-state index in [0.717, 1.165) is 24.2 Å². The summed E-state index contributed by atoms with van der Waals surface area (Å²) in [7, 11) is 1.64. The predicted molar refractivity (Wildman–Crippen MR) is 79.0 cm³/mol. The van der Waals surface area contributed by atoms with E-state index in [1.165, 1.54) is 0 Å². The third-order valence-corrected chi connectivity index (χ3v) is 3.01. The fraction of sp³-hybridized carbons (Fsp3) is 0.533. The summed E-state index contributed by atoms with van der Waals surface area (Å²) < 4.78 is 5.15. The number of hydrogen-bond donors (Lipinski definition) is 3. The van der Waals surface area contributed by atoms with Crippen LogP contribution in [-0.4, -0.2) is 37.4 Å². The first-order valence-corrected chi connectivity index (χ1v) is 6.94. The monoisotopic (exact) mass is 280 g/mol. The van der Waals surface area contributed by atoms with E-state index in [9.17, 15) is 4.79 Å². The number of urea groups is 1. The molecule has 112 valence electrons. The molecule has 0 aliphatic carbocycles. The van der Waals surface area contributed by atoms with Crippen LogP contribution >= 0.6 is 0 Å². The van der Waals surface area contributed by atoms with Crippen molar-refractivity contribution >= 4 is 6.03 Å². The molecule has 0 spiro atoms. The molecule has 1 aromatic rings. The number of rotatable bonds is 8. The zero-order valence-corrected chi connectivity index (χ0v) is 12.2. The lowest BCUT2D eigenvalue weighted by Gasteiger charge is -2.14. The minimum Gasteiger partial charge on any atom is -0.497 e. The van der Waals surface area contributed by atoms with E-state index >= 15 is 0 Å². The van der Waals surface area contributed by atoms with Gasteiger partial charge in [-0.25, -0.2) is 4.79 Å². The van der Waals surface area contributed by atoms with Crippen molar-refractivity contribution in [3.63, 3.8) is 0 Å². The van der Waals surface area contributed by atoms with Crippen molar-refractivity contribution in [2.75, 3.05) is 20.3 Å². The second kappa shape index (κ2) is 9.20. The lowest BCUT2D eigenvalue weighted by Crippen LogP contribution is -2.41. The van der Waals surface area contributed by atoms with Crippen molar-refractivity contribution in [2.24, 2.45) is 0 Å². The minimum atomic E-state index is -0.168. The quantitative estimate of drug-likeness (QED) is 0.679. The predicted octanol–water partition coefficient (Wildman–Crippen LogP) is 1.70. The molecule has 0 fully saturated rings. The molecule has 0 bridgehead atoms. The molecule has 0 saturated carbocycles. The van der Waals surface area contributed by atoms with Gasteiger partial charge in [0.1, 0.15) is 5.75 Å². The van der Waals surface area contributed by atoms with Gasteiger partial charge in [-0.2, -0.15) is 0 Å². The molecule has 1 unspecified atom stereocenters. The average Bonchev–Trinajstić information content (AvgIpc) is 2.45. The Morgan fingerprint density at radius 3 is 2.95 bits per heavy atom. The van der Waals surface area contributed by atoms with Gasteiger partial charge in [0, 0.05) is 19.2 Å². The Balaban J connectivity index is 2.24. The Hall–Kier alpha value is -1.75. The number of aliphatic hydroxyl groups excluding tert-OH is 1. The van der Waals surface area contributed by atoms with E-state index in [4.69, 9.17) is 9.84 Å². The molecule has 5 nitrogen and oxygen atoms in total. The van der Waals surface area contributed by atoms with Crippen molar-refractivity contribution < 1.29 is 14.6 Å². The SMILES string of the molecule is COc1cccc(CCNC(=O)NC(C)CCCO)c1. The standard InChI is InChI=1S/C15H24N2O3/c1-12(5-4-10-18)17-15(19)16-9-8-13-6-3-7-14(11-13)20-2/h3,6-7,11-12,18H,4-5,8-10H2,1-2H3,(H2,16,17,19). The molecule has 0 aromatic heterocycles. The fourth-order valence-corrected chi connectivity index (χ4v) is 1.89. The second-order valence-corrected chi connectivity index (χ2v) is 4.77. The number of nitrogens with one attached hydrogen (secondary N) is 2. The Kier molecular flexibility index (Phi) is 7.50. The highest BCUT2D eigenvalue weighted by atomic mass is 16.5. The summed E-state index contributed by atoms with van der Waals surface area (Å²) >= 11 is 0. The average molecular weight is 280 g/mol. The maximum atomic E-state index is 11.6. The number of carbonyl (C=O) groups is 1. The number of aliphatic hydroxyl groups is 1. The van der Waals surface area contributed by atoms with E-state index in [1.54, 1.807) is 7.11 Å². The summed E-state index contributed by atoms with van der Waals surface area (Å²) in [5.41, 5.74) is 1.12. The molecule has 0 aliphatic rings. The molecule has 3 N–H and O–H groups in total. The Labute approximate surface area is 120 Å². The molecule has 1 aromatic carbocycles. The van der Waals surface area contributed by atoms with Crippen LogP contribution in [0.4, 0.5) is 4.79 Å². The van der Waals surface area contributed by atoms with Gasteiger partial charge in [0.05, 0.1) is 7.11 Å². The molecule has 5 heteroatoms. The van der Waals surface area contributed by atoms with Gasteiger partial charge in [0.15, 0.2) is 0 Å². The molecule has 2 amide bonds. The third-order valence-electron chi connectivity index (χ3n) is 3.01. The number of benzene rings is 1. The van der Waals surface area contributed by atoms with Crippen LogP contribution in [0.25, 0.3) is 0 Å². The zero-order valence-electron chi connectivity index (χ0n) is 12.2. The number of carbonyl (C=O) groups excluding carboxylic acids is 1. The highest BCUT2D eigenvalue weighted by molar-refractivity contribution is 5.74. The van der Waals surface area contributed by atoms with Gasteiger partial charge in [-0.05, 0) is 43.9 Å². The van der Waals surface area contributed by atoms with Crippen molar-refractivity contribution in [3.05, 3.63) is 29.8 Å². The third kappa shape index (κ3) is 6.43. The first-order chi connectivity index (χ1) is 9.65. The van der Waals surface area contributed by atoms with E-state index in [1.807, 2.05) is 31.2 Å². The van der Waals surface area contributed by atoms with E-state index in [-0.39, 0.29) is 18.7 Å². The molecule has 1 rings (SSSR count).